The quantitative estimate of drug-likeness (QED) is 0.317. The lowest BCUT2D eigenvalue weighted by molar-refractivity contribution is -0.384. The van der Waals surface area contributed by atoms with E-state index < -0.39 is 10.9 Å². The number of piperidine rings is 1. The molecule has 0 amide bonds. The van der Waals surface area contributed by atoms with Crippen LogP contribution in [0.3, 0.4) is 0 Å². The number of carboxylic acids is 1. The fourth-order valence-corrected chi connectivity index (χ4v) is 3.38. The molecular weight excluding hydrogens is 374 g/mol. The van der Waals surface area contributed by atoms with Crippen molar-refractivity contribution in [3.8, 4) is 0 Å². The first kappa shape index (κ1) is 20.5. The topological polar surface area (TPSA) is 105 Å². The second kappa shape index (κ2) is 9.79. The number of oxime groups is 1. The summed E-state index contributed by atoms with van der Waals surface area (Å²) in [5.41, 5.74) is 1.88. The zero-order chi connectivity index (χ0) is 20.6. The fraction of sp³-hybridized carbons (Fsp3) is 0.333. The SMILES string of the molecule is O=C(O)C1CCCN(CCO/N=C(/c2ccccc2)c2cccc([N+](=O)[O-])c2)C1. The highest BCUT2D eigenvalue weighted by molar-refractivity contribution is 6.12. The lowest BCUT2D eigenvalue weighted by atomic mass is 9.98. The van der Waals surface area contributed by atoms with Crippen molar-refractivity contribution in [2.75, 3.05) is 26.2 Å². The van der Waals surface area contributed by atoms with Crippen molar-refractivity contribution >= 4 is 17.4 Å². The summed E-state index contributed by atoms with van der Waals surface area (Å²) in [6.07, 6.45) is 1.55. The summed E-state index contributed by atoms with van der Waals surface area (Å²) in [4.78, 5) is 29.4. The zero-order valence-electron chi connectivity index (χ0n) is 15.9. The van der Waals surface area contributed by atoms with Crippen LogP contribution in [0, 0.1) is 16.0 Å². The number of aliphatic carboxylic acids is 1. The number of nitro groups is 1. The third kappa shape index (κ3) is 5.61. The number of carboxylic acid groups (broad SMARTS) is 1. The summed E-state index contributed by atoms with van der Waals surface area (Å²) < 4.78 is 0. The highest BCUT2D eigenvalue weighted by Gasteiger charge is 2.25. The minimum atomic E-state index is -0.759. The van der Waals surface area contributed by atoms with E-state index in [1.54, 1.807) is 12.1 Å². The molecule has 0 bridgehead atoms. The van der Waals surface area contributed by atoms with E-state index in [0.717, 1.165) is 18.5 Å². The molecule has 152 valence electrons. The van der Waals surface area contributed by atoms with Crippen molar-refractivity contribution in [1.82, 2.24) is 4.90 Å². The Morgan fingerprint density at radius 2 is 1.97 bits per heavy atom. The average Bonchev–Trinajstić information content (AvgIpc) is 2.74. The second-order valence-corrected chi connectivity index (χ2v) is 6.92. The molecule has 1 aliphatic heterocycles. The van der Waals surface area contributed by atoms with E-state index >= 15 is 0 Å². The van der Waals surface area contributed by atoms with Crippen LogP contribution in [0.4, 0.5) is 5.69 Å². The Kier molecular flexibility index (Phi) is 6.91. The van der Waals surface area contributed by atoms with Gasteiger partial charge in [0.1, 0.15) is 12.3 Å². The summed E-state index contributed by atoms with van der Waals surface area (Å²) in [6.45, 7) is 2.23. The Balaban J connectivity index is 1.70. The molecule has 8 heteroatoms. The predicted octanol–water partition coefficient (Wildman–Crippen LogP) is 3.16. The van der Waals surface area contributed by atoms with E-state index in [1.165, 1.54) is 12.1 Å². The molecule has 0 aromatic heterocycles. The molecule has 0 spiro atoms. The van der Waals surface area contributed by atoms with Gasteiger partial charge in [-0.2, -0.15) is 0 Å². The number of rotatable bonds is 8. The number of hydrogen-bond donors (Lipinski definition) is 1. The number of benzene rings is 2. The lowest BCUT2D eigenvalue weighted by Gasteiger charge is -2.29. The van der Waals surface area contributed by atoms with Gasteiger partial charge >= 0.3 is 5.97 Å². The highest BCUT2D eigenvalue weighted by atomic mass is 16.6. The van der Waals surface area contributed by atoms with E-state index in [-0.39, 0.29) is 11.6 Å². The van der Waals surface area contributed by atoms with Gasteiger partial charge in [0, 0.05) is 36.3 Å². The monoisotopic (exact) mass is 397 g/mol. The van der Waals surface area contributed by atoms with Crippen LogP contribution in [-0.4, -0.2) is 52.9 Å². The third-order valence-corrected chi connectivity index (χ3v) is 4.89. The molecule has 1 heterocycles. The van der Waals surface area contributed by atoms with E-state index in [2.05, 4.69) is 10.1 Å². The molecule has 2 aromatic carbocycles. The first-order chi connectivity index (χ1) is 14.0. The molecule has 1 aliphatic rings. The van der Waals surface area contributed by atoms with Gasteiger partial charge in [-0.05, 0) is 19.4 Å². The van der Waals surface area contributed by atoms with Gasteiger partial charge in [-0.15, -0.1) is 0 Å². The van der Waals surface area contributed by atoms with Crippen LogP contribution in [0.2, 0.25) is 0 Å². The van der Waals surface area contributed by atoms with Gasteiger partial charge in [-0.25, -0.2) is 0 Å². The van der Waals surface area contributed by atoms with Crippen molar-refractivity contribution in [1.29, 1.82) is 0 Å². The Bertz CT molecular complexity index is 885. The number of nitrogens with zero attached hydrogens (tertiary/aromatic N) is 3. The summed E-state index contributed by atoms with van der Waals surface area (Å²) in [5.74, 6) is -1.09. The van der Waals surface area contributed by atoms with Gasteiger partial charge in [-0.1, -0.05) is 47.6 Å². The van der Waals surface area contributed by atoms with Gasteiger partial charge in [0.2, 0.25) is 0 Å². The maximum Gasteiger partial charge on any atom is 0.307 e. The Labute approximate surface area is 168 Å². The zero-order valence-corrected chi connectivity index (χ0v) is 15.9. The molecule has 2 aromatic rings. The molecule has 1 saturated heterocycles. The van der Waals surface area contributed by atoms with Crippen LogP contribution in [-0.2, 0) is 9.63 Å². The van der Waals surface area contributed by atoms with Gasteiger partial charge in [0.25, 0.3) is 5.69 Å². The molecule has 3 rings (SSSR count). The maximum absolute atomic E-state index is 11.2. The molecule has 8 nitrogen and oxygen atoms in total. The average molecular weight is 397 g/mol. The molecule has 0 aliphatic carbocycles. The maximum atomic E-state index is 11.2. The Morgan fingerprint density at radius 3 is 2.69 bits per heavy atom. The molecule has 29 heavy (non-hydrogen) atoms. The van der Waals surface area contributed by atoms with E-state index in [9.17, 15) is 20.0 Å². The van der Waals surface area contributed by atoms with Crippen LogP contribution in [0.15, 0.2) is 59.8 Å². The van der Waals surface area contributed by atoms with Crippen molar-refractivity contribution in [2.45, 2.75) is 12.8 Å². The fourth-order valence-electron chi connectivity index (χ4n) is 3.38. The van der Waals surface area contributed by atoms with Crippen LogP contribution < -0.4 is 0 Å². The normalized spacial score (nSPS) is 17.7. The van der Waals surface area contributed by atoms with Gasteiger partial charge in [0.05, 0.1) is 10.8 Å². The van der Waals surface area contributed by atoms with E-state index in [1.807, 2.05) is 30.3 Å². The van der Waals surface area contributed by atoms with Crippen LogP contribution >= 0.6 is 0 Å². The summed E-state index contributed by atoms with van der Waals surface area (Å²) in [7, 11) is 0. The van der Waals surface area contributed by atoms with Crippen LogP contribution in [0.25, 0.3) is 0 Å². The van der Waals surface area contributed by atoms with Crippen molar-refractivity contribution in [3.63, 3.8) is 0 Å². The van der Waals surface area contributed by atoms with Crippen LogP contribution in [0.1, 0.15) is 24.0 Å². The number of hydrogen-bond acceptors (Lipinski definition) is 6. The predicted molar refractivity (Wildman–Crippen MR) is 108 cm³/mol. The first-order valence-electron chi connectivity index (χ1n) is 9.50. The van der Waals surface area contributed by atoms with Crippen LogP contribution in [0.5, 0.6) is 0 Å². The second-order valence-electron chi connectivity index (χ2n) is 6.92. The largest absolute Gasteiger partial charge is 0.481 e. The first-order valence-corrected chi connectivity index (χ1v) is 9.50. The molecular formula is C21H23N3O5. The summed E-state index contributed by atoms with van der Waals surface area (Å²) in [6, 6.07) is 15.6. The van der Waals surface area contributed by atoms with E-state index in [0.29, 0.717) is 37.4 Å². The standard InChI is InChI=1S/C21H23N3O5/c25-21(26)18-9-5-11-23(15-18)12-13-29-22-20(16-6-2-1-3-7-16)17-8-4-10-19(14-17)24(27)28/h1-4,6-8,10,14,18H,5,9,11-13,15H2,(H,25,26)/b22-20-. The molecule has 0 saturated carbocycles. The molecule has 0 radical (unpaired) electrons. The minimum absolute atomic E-state index is 0.0147. The minimum Gasteiger partial charge on any atom is -0.481 e. The number of likely N-dealkylation sites (tertiary alicyclic amines) is 1. The Morgan fingerprint density at radius 1 is 1.21 bits per heavy atom. The van der Waals surface area contributed by atoms with Gasteiger partial charge in [0.15, 0.2) is 0 Å². The summed E-state index contributed by atoms with van der Waals surface area (Å²) >= 11 is 0. The van der Waals surface area contributed by atoms with Crippen molar-refractivity contribution < 1.29 is 19.7 Å². The lowest BCUT2D eigenvalue weighted by Crippen LogP contribution is -2.40. The smallest absolute Gasteiger partial charge is 0.307 e. The summed E-state index contributed by atoms with van der Waals surface area (Å²) in [5, 5.41) is 24.5. The molecule has 1 fully saturated rings. The molecule has 1 N–H and O–H groups in total. The van der Waals surface area contributed by atoms with Crippen molar-refractivity contribution in [3.05, 3.63) is 75.8 Å². The third-order valence-electron chi connectivity index (χ3n) is 4.89. The number of carbonyl (C=O) groups is 1. The molecule has 1 unspecified atom stereocenters. The van der Waals surface area contributed by atoms with E-state index in [4.69, 9.17) is 4.84 Å². The number of non-ortho nitro benzene ring substituents is 1. The highest BCUT2D eigenvalue weighted by Crippen LogP contribution is 2.18. The van der Waals surface area contributed by atoms with Gasteiger partial charge in [-0.3, -0.25) is 19.8 Å². The Hall–Kier alpha value is -3.26. The van der Waals surface area contributed by atoms with Crippen molar-refractivity contribution in [2.24, 2.45) is 11.1 Å². The number of nitro benzene ring substituents is 1. The molecule has 1 atom stereocenters. The van der Waals surface area contributed by atoms with Gasteiger partial charge < -0.3 is 9.94 Å².